The number of allylic oxidation sites excluding steroid dienone is 2. The molecule has 0 fully saturated rings. The summed E-state index contributed by atoms with van der Waals surface area (Å²) in [5, 5.41) is 10.7. The Morgan fingerprint density at radius 3 is 2.43 bits per heavy atom. The van der Waals surface area contributed by atoms with E-state index in [-0.39, 0.29) is 16.4 Å². The maximum atomic E-state index is 12.4. The summed E-state index contributed by atoms with van der Waals surface area (Å²) in [5.41, 5.74) is 1.16. The lowest BCUT2D eigenvalue weighted by molar-refractivity contribution is 0.0934. The van der Waals surface area contributed by atoms with Gasteiger partial charge in [-0.25, -0.2) is 4.98 Å². The zero-order valence-electron chi connectivity index (χ0n) is 11.3. The number of aryl methyl sites for hydroxylation is 2. The standard InChI is InChI=1S/C15H11NO3S2/c1-7-3-5-9(6-4-7)21-15-12(18)11(17)10-14(13(15)19)20-8(2)16-10/h3-6,18H,1-2H3. The molecule has 1 aromatic carbocycles. The highest BCUT2D eigenvalue weighted by Gasteiger charge is 2.36. The second-order valence-electron chi connectivity index (χ2n) is 4.66. The number of aromatic nitrogens is 1. The molecule has 4 nitrogen and oxygen atoms in total. The van der Waals surface area contributed by atoms with Crippen molar-refractivity contribution in [2.24, 2.45) is 0 Å². The fourth-order valence-corrected chi connectivity index (χ4v) is 3.80. The minimum absolute atomic E-state index is 0.0632. The molecule has 6 heteroatoms. The Hall–Kier alpha value is -1.92. The summed E-state index contributed by atoms with van der Waals surface area (Å²) in [5.74, 6) is -1.43. The number of hydrogen-bond acceptors (Lipinski definition) is 6. The number of aliphatic hydroxyl groups is 1. The molecule has 1 heterocycles. The summed E-state index contributed by atoms with van der Waals surface area (Å²) < 4.78 is 0. The third kappa shape index (κ3) is 2.41. The topological polar surface area (TPSA) is 67.3 Å². The number of Topliss-reactive ketones (excluding diaryl/α,β-unsaturated/α-hetero) is 2. The molecule has 0 bridgehead atoms. The second kappa shape index (κ2) is 5.13. The van der Waals surface area contributed by atoms with Crippen molar-refractivity contribution in [2.75, 3.05) is 0 Å². The molecular formula is C15H11NO3S2. The Bertz CT molecular complexity index is 788. The third-order valence-corrected chi connectivity index (χ3v) is 5.09. The molecule has 1 aliphatic rings. The average molecular weight is 317 g/mol. The minimum Gasteiger partial charge on any atom is -0.503 e. The van der Waals surface area contributed by atoms with Gasteiger partial charge in [-0.05, 0) is 26.0 Å². The number of benzene rings is 1. The van der Waals surface area contributed by atoms with E-state index in [2.05, 4.69) is 4.98 Å². The molecule has 1 N–H and O–H groups in total. The van der Waals surface area contributed by atoms with E-state index in [0.717, 1.165) is 22.2 Å². The number of carbonyl (C=O) groups is 2. The first-order chi connectivity index (χ1) is 9.97. The van der Waals surface area contributed by atoms with Crippen LogP contribution in [-0.2, 0) is 0 Å². The van der Waals surface area contributed by atoms with Crippen molar-refractivity contribution in [3.05, 3.63) is 56.1 Å². The Balaban J connectivity index is 2.01. The van der Waals surface area contributed by atoms with E-state index in [4.69, 9.17) is 0 Å². The van der Waals surface area contributed by atoms with Gasteiger partial charge in [-0.15, -0.1) is 11.3 Å². The van der Waals surface area contributed by atoms with Crippen molar-refractivity contribution in [1.82, 2.24) is 4.98 Å². The van der Waals surface area contributed by atoms with Crippen molar-refractivity contribution in [1.29, 1.82) is 0 Å². The van der Waals surface area contributed by atoms with E-state index in [0.29, 0.717) is 9.88 Å². The molecule has 106 valence electrons. The first-order valence-electron chi connectivity index (χ1n) is 6.22. The maximum Gasteiger partial charge on any atom is 0.248 e. The van der Waals surface area contributed by atoms with Crippen LogP contribution in [0.15, 0.2) is 39.8 Å². The number of hydrogen-bond donors (Lipinski definition) is 1. The zero-order valence-corrected chi connectivity index (χ0v) is 13.0. The van der Waals surface area contributed by atoms with Gasteiger partial charge >= 0.3 is 0 Å². The number of carbonyl (C=O) groups excluding carboxylic acids is 2. The first kappa shape index (κ1) is 14.0. The van der Waals surface area contributed by atoms with Crippen LogP contribution in [0.3, 0.4) is 0 Å². The average Bonchev–Trinajstić information content (AvgIpc) is 2.85. The molecule has 0 radical (unpaired) electrons. The number of ketones is 2. The van der Waals surface area contributed by atoms with Crippen LogP contribution in [0, 0.1) is 13.8 Å². The fourth-order valence-electron chi connectivity index (χ4n) is 1.98. The zero-order chi connectivity index (χ0) is 15.1. The van der Waals surface area contributed by atoms with Crippen molar-refractivity contribution in [2.45, 2.75) is 18.7 Å². The first-order valence-corrected chi connectivity index (χ1v) is 7.85. The summed E-state index contributed by atoms with van der Waals surface area (Å²) >= 11 is 2.28. The molecule has 0 amide bonds. The number of nitrogens with zero attached hydrogens (tertiary/aromatic N) is 1. The third-order valence-electron chi connectivity index (χ3n) is 3.03. The highest BCUT2D eigenvalue weighted by Crippen LogP contribution is 2.37. The van der Waals surface area contributed by atoms with E-state index < -0.39 is 11.5 Å². The molecule has 21 heavy (non-hydrogen) atoms. The number of rotatable bonds is 2. The quantitative estimate of drug-likeness (QED) is 0.914. The van der Waals surface area contributed by atoms with Gasteiger partial charge in [0.15, 0.2) is 5.76 Å². The van der Waals surface area contributed by atoms with Crippen LogP contribution in [0.2, 0.25) is 0 Å². The van der Waals surface area contributed by atoms with E-state index in [1.165, 1.54) is 11.3 Å². The summed E-state index contributed by atoms with van der Waals surface area (Å²) in [4.78, 5) is 29.7. The SMILES string of the molecule is Cc1ccc(SC2=C(O)C(=O)c3nc(C)sc3C2=O)cc1. The van der Waals surface area contributed by atoms with Gasteiger partial charge in [0.2, 0.25) is 11.6 Å². The van der Waals surface area contributed by atoms with Gasteiger partial charge in [-0.1, -0.05) is 29.5 Å². The van der Waals surface area contributed by atoms with Crippen molar-refractivity contribution >= 4 is 34.7 Å². The Labute approximate surface area is 129 Å². The highest BCUT2D eigenvalue weighted by molar-refractivity contribution is 8.04. The fraction of sp³-hybridized carbons (Fsp3) is 0.133. The minimum atomic E-state index is -0.580. The van der Waals surface area contributed by atoms with E-state index >= 15 is 0 Å². The summed E-state index contributed by atoms with van der Waals surface area (Å²) in [6.45, 7) is 3.69. The number of aliphatic hydroxyl groups excluding tert-OH is 1. The molecule has 2 aromatic rings. The van der Waals surface area contributed by atoms with Gasteiger partial charge < -0.3 is 5.11 Å². The lowest BCUT2D eigenvalue weighted by atomic mass is 10.1. The monoisotopic (exact) mass is 317 g/mol. The normalized spacial score (nSPS) is 14.6. The van der Waals surface area contributed by atoms with E-state index in [1.54, 1.807) is 6.92 Å². The van der Waals surface area contributed by atoms with Crippen LogP contribution in [0.5, 0.6) is 0 Å². The van der Waals surface area contributed by atoms with E-state index in [9.17, 15) is 14.7 Å². The molecule has 0 aliphatic heterocycles. The Kier molecular flexibility index (Phi) is 3.43. The van der Waals surface area contributed by atoms with Crippen LogP contribution in [0.25, 0.3) is 0 Å². The molecule has 0 saturated heterocycles. The van der Waals surface area contributed by atoms with Crippen molar-refractivity contribution in [3.63, 3.8) is 0 Å². The molecule has 1 aromatic heterocycles. The van der Waals surface area contributed by atoms with Gasteiger partial charge in [0.05, 0.1) is 5.01 Å². The van der Waals surface area contributed by atoms with Gasteiger partial charge in [0, 0.05) is 4.90 Å². The van der Waals surface area contributed by atoms with Gasteiger partial charge in [0.25, 0.3) is 0 Å². The molecule has 0 atom stereocenters. The molecular weight excluding hydrogens is 306 g/mol. The molecule has 0 saturated carbocycles. The molecule has 1 aliphatic carbocycles. The number of thioether (sulfide) groups is 1. The Morgan fingerprint density at radius 2 is 1.76 bits per heavy atom. The lowest BCUT2D eigenvalue weighted by Gasteiger charge is -2.13. The molecule has 0 unspecified atom stereocenters. The van der Waals surface area contributed by atoms with E-state index in [1.807, 2.05) is 31.2 Å². The lowest BCUT2D eigenvalue weighted by Crippen LogP contribution is -2.19. The van der Waals surface area contributed by atoms with Gasteiger partial charge in [-0.2, -0.15) is 0 Å². The Morgan fingerprint density at radius 1 is 1.10 bits per heavy atom. The van der Waals surface area contributed by atoms with Crippen LogP contribution < -0.4 is 0 Å². The largest absolute Gasteiger partial charge is 0.503 e. The highest BCUT2D eigenvalue weighted by atomic mass is 32.2. The molecule has 0 spiro atoms. The molecule has 3 rings (SSSR count). The second-order valence-corrected chi connectivity index (χ2v) is 6.95. The summed E-state index contributed by atoms with van der Waals surface area (Å²) in [6, 6.07) is 7.53. The van der Waals surface area contributed by atoms with Crippen molar-refractivity contribution < 1.29 is 14.7 Å². The van der Waals surface area contributed by atoms with Gasteiger partial charge in [-0.3, -0.25) is 9.59 Å². The summed E-state index contributed by atoms with van der Waals surface area (Å²) in [6.07, 6.45) is 0. The maximum absolute atomic E-state index is 12.4. The summed E-state index contributed by atoms with van der Waals surface area (Å²) in [7, 11) is 0. The van der Waals surface area contributed by atoms with Crippen LogP contribution in [-0.4, -0.2) is 21.7 Å². The predicted octanol–water partition coefficient (Wildman–Crippen LogP) is 3.70. The van der Waals surface area contributed by atoms with Crippen LogP contribution in [0.1, 0.15) is 30.7 Å². The van der Waals surface area contributed by atoms with Gasteiger partial charge in [0.1, 0.15) is 15.5 Å². The van der Waals surface area contributed by atoms with Crippen LogP contribution in [0.4, 0.5) is 0 Å². The van der Waals surface area contributed by atoms with Crippen molar-refractivity contribution in [3.8, 4) is 0 Å². The smallest absolute Gasteiger partial charge is 0.248 e. The van der Waals surface area contributed by atoms with Crippen LogP contribution >= 0.6 is 23.1 Å². The predicted molar refractivity (Wildman–Crippen MR) is 82.2 cm³/mol. The number of thiazole rings is 1. The number of fused-ring (bicyclic) bond motifs is 1.